The van der Waals surface area contributed by atoms with Gasteiger partial charge in [-0.2, -0.15) is 0 Å². The molecule has 18 heavy (non-hydrogen) atoms. The standard InChI is InChI=1S/C14H16N2O2/c1-10-5-3-4-6-12(10)8-14(17)15-9-13-7-11(2)18-16-13/h3-7H,8-9H2,1-2H3,(H,15,17). The van der Waals surface area contributed by atoms with Crippen molar-refractivity contribution in [1.29, 1.82) is 0 Å². The molecule has 0 saturated heterocycles. The van der Waals surface area contributed by atoms with Crippen molar-refractivity contribution < 1.29 is 9.32 Å². The number of hydrogen-bond donors (Lipinski definition) is 1. The maximum Gasteiger partial charge on any atom is 0.224 e. The lowest BCUT2D eigenvalue weighted by molar-refractivity contribution is -0.120. The van der Waals surface area contributed by atoms with Crippen LogP contribution in [0.1, 0.15) is 22.6 Å². The Morgan fingerprint density at radius 3 is 2.78 bits per heavy atom. The van der Waals surface area contributed by atoms with Crippen LogP contribution in [0.5, 0.6) is 0 Å². The van der Waals surface area contributed by atoms with Gasteiger partial charge in [-0.1, -0.05) is 29.4 Å². The number of amides is 1. The molecule has 0 aliphatic rings. The van der Waals surface area contributed by atoms with Gasteiger partial charge in [0.2, 0.25) is 5.91 Å². The maximum atomic E-state index is 11.8. The first-order chi connectivity index (χ1) is 8.65. The van der Waals surface area contributed by atoms with E-state index in [9.17, 15) is 4.79 Å². The van der Waals surface area contributed by atoms with E-state index in [4.69, 9.17) is 4.52 Å². The highest BCUT2D eigenvalue weighted by Crippen LogP contribution is 2.07. The molecular formula is C14H16N2O2. The third kappa shape index (κ3) is 3.20. The van der Waals surface area contributed by atoms with Crippen LogP contribution in [0.3, 0.4) is 0 Å². The number of benzene rings is 1. The topological polar surface area (TPSA) is 55.1 Å². The quantitative estimate of drug-likeness (QED) is 0.896. The van der Waals surface area contributed by atoms with Gasteiger partial charge in [-0.3, -0.25) is 4.79 Å². The number of carbonyl (C=O) groups excluding carboxylic acids is 1. The smallest absolute Gasteiger partial charge is 0.224 e. The van der Waals surface area contributed by atoms with Crippen LogP contribution in [-0.4, -0.2) is 11.1 Å². The minimum absolute atomic E-state index is 0.00930. The summed E-state index contributed by atoms with van der Waals surface area (Å²) in [6.07, 6.45) is 0.392. The van der Waals surface area contributed by atoms with Crippen LogP contribution in [0.2, 0.25) is 0 Å². The van der Waals surface area contributed by atoms with Crippen molar-refractivity contribution in [2.45, 2.75) is 26.8 Å². The van der Waals surface area contributed by atoms with Gasteiger partial charge in [-0.05, 0) is 25.0 Å². The average Bonchev–Trinajstić information content (AvgIpc) is 2.76. The second-order valence-corrected chi connectivity index (χ2v) is 4.31. The molecule has 0 spiro atoms. The van der Waals surface area contributed by atoms with E-state index in [1.807, 2.05) is 44.2 Å². The first-order valence-electron chi connectivity index (χ1n) is 5.88. The zero-order valence-corrected chi connectivity index (χ0v) is 10.6. The Morgan fingerprint density at radius 1 is 1.33 bits per heavy atom. The van der Waals surface area contributed by atoms with E-state index in [0.29, 0.717) is 13.0 Å². The second kappa shape index (κ2) is 5.49. The lowest BCUT2D eigenvalue weighted by atomic mass is 10.1. The van der Waals surface area contributed by atoms with Crippen molar-refractivity contribution in [2.75, 3.05) is 0 Å². The zero-order valence-electron chi connectivity index (χ0n) is 10.6. The molecule has 0 aliphatic heterocycles. The molecule has 1 heterocycles. The highest BCUT2D eigenvalue weighted by atomic mass is 16.5. The number of aryl methyl sites for hydroxylation is 2. The SMILES string of the molecule is Cc1cc(CNC(=O)Cc2ccccc2C)no1. The summed E-state index contributed by atoms with van der Waals surface area (Å²) in [6.45, 7) is 4.23. The zero-order chi connectivity index (χ0) is 13.0. The molecular weight excluding hydrogens is 228 g/mol. The Balaban J connectivity index is 1.88. The molecule has 4 nitrogen and oxygen atoms in total. The highest BCUT2D eigenvalue weighted by Gasteiger charge is 2.06. The number of hydrogen-bond acceptors (Lipinski definition) is 3. The molecule has 4 heteroatoms. The van der Waals surface area contributed by atoms with Crippen molar-refractivity contribution in [3.05, 3.63) is 52.9 Å². The summed E-state index contributed by atoms with van der Waals surface area (Å²) >= 11 is 0. The molecule has 0 fully saturated rings. The molecule has 0 radical (unpaired) electrons. The third-order valence-corrected chi connectivity index (χ3v) is 2.76. The van der Waals surface area contributed by atoms with Crippen LogP contribution in [0, 0.1) is 13.8 Å². The lowest BCUT2D eigenvalue weighted by Gasteiger charge is -2.05. The van der Waals surface area contributed by atoms with Crippen LogP contribution in [0.4, 0.5) is 0 Å². The summed E-state index contributed by atoms with van der Waals surface area (Å²) < 4.78 is 4.93. The Labute approximate surface area is 106 Å². The van der Waals surface area contributed by atoms with Crippen LogP contribution < -0.4 is 5.32 Å². The molecule has 94 valence electrons. The first kappa shape index (κ1) is 12.4. The van der Waals surface area contributed by atoms with E-state index in [-0.39, 0.29) is 5.91 Å². The number of nitrogens with zero attached hydrogens (tertiary/aromatic N) is 1. The molecule has 0 aliphatic carbocycles. The van der Waals surface area contributed by atoms with Crippen LogP contribution in [0.15, 0.2) is 34.9 Å². The molecule has 2 aromatic rings. The summed E-state index contributed by atoms with van der Waals surface area (Å²) in [5.41, 5.74) is 2.92. The predicted molar refractivity (Wildman–Crippen MR) is 68.0 cm³/mol. The van der Waals surface area contributed by atoms with Crippen molar-refractivity contribution in [3.63, 3.8) is 0 Å². The van der Waals surface area contributed by atoms with Gasteiger partial charge in [0.1, 0.15) is 11.5 Å². The van der Waals surface area contributed by atoms with Gasteiger partial charge in [0.05, 0.1) is 13.0 Å². The van der Waals surface area contributed by atoms with Crippen molar-refractivity contribution in [1.82, 2.24) is 10.5 Å². The van der Waals surface area contributed by atoms with E-state index < -0.39 is 0 Å². The fraction of sp³-hybridized carbons (Fsp3) is 0.286. The Kier molecular flexibility index (Phi) is 3.77. The molecule has 0 saturated carbocycles. The monoisotopic (exact) mass is 244 g/mol. The Hall–Kier alpha value is -2.10. The van der Waals surface area contributed by atoms with Crippen molar-refractivity contribution in [3.8, 4) is 0 Å². The van der Waals surface area contributed by atoms with Gasteiger partial charge in [-0.15, -0.1) is 0 Å². The third-order valence-electron chi connectivity index (χ3n) is 2.76. The Morgan fingerprint density at radius 2 is 2.11 bits per heavy atom. The number of carbonyl (C=O) groups is 1. The van der Waals surface area contributed by atoms with Gasteiger partial charge in [-0.25, -0.2) is 0 Å². The van der Waals surface area contributed by atoms with E-state index in [0.717, 1.165) is 22.6 Å². The van der Waals surface area contributed by atoms with E-state index in [1.165, 1.54) is 0 Å². The average molecular weight is 244 g/mol. The Bertz CT molecular complexity index is 546. The highest BCUT2D eigenvalue weighted by molar-refractivity contribution is 5.78. The summed E-state index contributed by atoms with van der Waals surface area (Å²) in [6, 6.07) is 9.69. The van der Waals surface area contributed by atoms with Gasteiger partial charge >= 0.3 is 0 Å². The molecule has 1 amide bonds. The van der Waals surface area contributed by atoms with Crippen LogP contribution >= 0.6 is 0 Å². The van der Waals surface area contributed by atoms with Gasteiger partial charge in [0.25, 0.3) is 0 Å². The summed E-state index contributed by atoms with van der Waals surface area (Å²) in [4.78, 5) is 11.8. The number of nitrogens with one attached hydrogen (secondary N) is 1. The normalized spacial score (nSPS) is 10.3. The summed E-state index contributed by atoms with van der Waals surface area (Å²) in [5, 5.41) is 6.65. The second-order valence-electron chi connectivity index (χ2n) is 4.31. The fourth-order valence-electron chi connectivity index (χ4n) is 1.73. The molecule has 0 unspecified atom stereocenters. The molecule has 2 rings (SSSR count). The lowest BCUT2D eigenvalue weighted by Crippen LogP contribution is -2.24. The largest absolute Gasteiger partial charge is 0.361 e. The number of aromatic nitrogens is 1. The maximum absolute atomic E-state index is 11.8. The molecule has 0 bridgehead atoms. The summed E-state index contributed by atoms with van der Waals surface area (Å²) in [7, 11) is 0. The molecule has 1 N–H and O–H groups in total. The van der Waals surface area contributed by atoms with Crippen molar-refractivity contribution >= 4 is 5.91 Å². The van der Waals surface area contributed by atoms with E-state index in [1.54, 1.807) is 0 Å². The minimum Gasteiger partial charge on any atom is -0.361 e. The first-order valence-corrected chi connectivity index (χ1v) is 5.88. The van der Waals surface area contributed by atoms with Crippen molar-refractivity contribution in [2.24, 2.45) is 0 Å². The van der Waals surface area contributed by atoms with E-state index in [2.05, 4.69) is 10.5 Å². The summed E-state index contributed by atoms with van der Waals surface area (Å²) in [5.74, 6) is 0.739. The van der Waals surface area contributed by atoms with Gasteiger partial charge in [0.15, 0.2) is 0 Å². The predicted octanol–water partition coefficient (Wildman–Crippen LogP) is 2.15. The number of rotatable bonds is 4. The van der Waals surface area contributed by atoms with Crippen LogP contribution in [0.25, 0.3) is 0 Å². The molecule has 0 atom stereocenters. The van der Waals surface area contributed by atoms with E-state index >= 15 is 0 Å². The molecule has 1 aromatic heterocycles. The minimum atomic E-state index is -0.00930. The van der Waals surface area contributed by atoms with Gasteiger partial charge in [0, 0.05) is 6.07 Å². The van der Waals surface area contributed by atoms with Crippen LogP contribution in [-0.2, 0) is 17.8 Å². The fourth-order valence-corrected chi connectivity index (χ4v) is 1.73. The van der Waals surface area contributed by atoms with Gasteiger partial charge < -0.3 is 9.84 Å². The molecule has 1 aromatic carbocycles.